The summed E-state index contributed by atoms with van der Waals surface area (Å²) in [5.41, 5.74) is 2.46. The lowest BCUT2D eigenvalue weighted by Crippen LogP contribution is -2.49. The van der Waals surface area contributed by atoms with Crippen LogP contribution in [-0.2, 0) is 17.9 Å². The summed E-state index contributed by atoms with van der Waals surface area (Å²) in [6.45, 7) is 5.44. The number of piperazine rings is 1. The predicted molar refractivity (Wildman–Crippen MR) is 103 cm³/mol. The predicted octanol–water partition coefficient (Wildman–Crippen LogP) is 1.82. The molecule has 2 aromatic carbocycles. The van der Waals surface area contributed by atoms with Crippen LogP contribution in [0.15, 0.2) is 54.6 Å². The van der Waals surface area contributed by atoms with E-state index in [0.717, 1.165) is 38.3 Å². The maximum atomic E-state index is 12.2. The fourth-order valence-corrected chi connectivity index (χ4v) is 3.17. The Kier molecular flexibility index (Phi) is 6.57. The van der Waals surface area contributed by atoms with Gasteiger partial charge in [-0.25, -0.2) is 4.79 Å². The van der Waals surface area contributed by atoms with Crippen LogP contribution in [0.25, 0.3) is 0 Å². The number of carboxylic acid groups (broad SMARTS) is 1. The van der Waals surface area contributed by atoms with Crippen molar-refractivity contribution < 1.29 is 14.7 Å². The van der Waals surface area contributed by atoms with Gasteiger partial charge in [0.25, 0.3) is 0 Å². The third kappa shape index (κ3) is 5.91. The molecule has 27 heavy (non-hydrogen) atoms. The van der Waals surface area contributed by atoms with Gasteiger partial charge in [-0.15, -0.1) is 0 Å². The van der Waals surface area contributed by atoms with E-state index in [9.17, 15) is 9.59 Å². The van der Waals surface area contributed by atoms with Gasteiger partial charge in [-0.2, -0.15) is 0 Å². The molecule has 0 bridgehead atoms. The number of rotatable bonds is 7. The summed E-state index contributed by atoms with van der Waals surface area (Å²) >= 11 is 0. The Labute approximate surface area is 159 Å². The van der Waals surface area contributed by atoms with E-state index < -0.39 is 5.97 Å². The molecule has 6 heteroatoms. The van der Waals surface area contributed by atoms with Gasteiger partial charge in [0.2, 0.25) is 5.91 Å². The van der Waals surface area contributed by atoms with Crippen molar-refractivity contribution in [2.75, 3.05) is 32.7 Å². The Bertz CT molecular complexity index is 754. The molecule has 0 aromatic heterocycles. The Balaban J connectivity index is 1.37. The van der Waals surface area contributed by atoms with Gasteiger partial charge in [0.1, 0.15) is 0 Å². The highest BCUT2D eigenvalue weighted by Gasteiger charge is 2.18. The second-order valence-corrected chi connectivity index (χ2v) is 6.82. The van der Waals surface area contributed by atoms with Crippen LogP contribution in [0.3, 0.4) is 0 Å². The zero-order valence-corrected chi connectivity index (χ0v) is 15.3. The smallest absolute Gasteiger partial charge is 0.335 e. The number of nitrogens with zero attached hydrogens (tertiary/aromatic N) is 2. The normalized spacial score (nSPS) is 15.4. The first kappa shape index (κ1) is 19.1. The number of benzene rings is 2. The van der Waals surface area contributed by atoms with Crippen LogP contribution in [0.5, 0.6) is 0 Å². The highest BCUT2D eigenvalue weighted by Crippen LogP contribution is 2.08. The molecule has 0 saturated carbocycles. The molecule has 0 spiro atoms. The third-order valence-electron chi connectivity index (χ3n) is 4.77. The summed E-state index contributed by atoms with van der Waals surface area (Å²) in [6, 6.07) is 17.0. The lowest BCUT2D eigenvalue weighted by Gasteiger charge is -2.34. The van der Waals surface area contributed by atoms with Crippen LogP contribution in [0, 0.1) is 0 Å². The number of hydrogen-bond acceptors (Lipinski definition) is 4. The summed E-state index contributed by atoms with van der Waals surface area (Å²) in [4.78, 5) is 27.6. The molecule has 1 saturated heterocycles. The lowest BCUT2D eigenvalue weighted by atomic mass is 10.1. The van der Waals surface area contributed by atoms with Crippen LogP contribution in [0.1, 0.15) is 21.5 Å². The second kappa shape index (κ2) is 9.30. The molecule has 2 N–H and O–H groups in total. The topological polar surface area (TPSA) is 72.9 Å². The first-order chi connectivity index (χ1) is 13.1. The Morgan fingerprint density at radius 2 is 1.48 bits per heavy atom. The quantitative estimate of drug-likeness (QED) is 0.781. The van der Waals surface area contributed by atoms with Crippen molar-refractivity contribution >= 4 is 11.9 Å². The highest BCUT2D eigenvalue weighted by molar-refractivity contribution is 5.87. The van der Waals surface area contributed by atoms with E-state index in [1.165, 1.54) is 5.56 Å². The van der Waals surface area contributed by atoms with Crippen molar-refractivity contribution in [2.45, 2.75) is 13.1 Å². The fraction of sp³-hybridized carbons (Fsp3) is 0.333. The number of carbonyl (C=O) groups is 2. The lowest BCUT2D eigenvalue weighted by molar-refractivity contribution is -0.122. The largest absolute Gasteiger partial charge is 0.478 e. The fourth-order valence-electron chi connectivity index (χ4n) is 3.17. The van der Waals surface area contributed by atoms with Gasteiger partial charge >= 0.3 is 5.97 Å². The molecule has 0 radical (unpaired) electrons. The van der Waals surface area contributed by atoms with Crippen molar-refractivity contribution in [1.82, 2.24) is 15.1 Å². The van der Waals surface area contributed by atoms with Crippen molar-refractivity contribution in [3.05, 3.63) is 71.3 Å². The number of aromatic carboxylic acids is 1. The SMILES string of the molecule is O=C(CN1CCN(Cc2ccccc2)CC1)NCc1ccc(C(=O)O)cc1. The van der Waals surface area contributed by atoms with Gasteiger partial charge in [-0.05, 0) is 23.3 Å². The number of nitrogens with one attached hydrogen (secondary N) is 1. The van der Waals surface area contributed by atoms with Crippen LogP contribution in [-0.4, -0.2) is 59.5 Å². The molecule has 142 valence electrons. The molecule has 2 aromatic rings. The van der Waals surface area contributed by atoms with Gasteiger partial charge in [0.15, 0.2) is 0 Å². The van der Waals surface area contributed by atoms with E-state index in [4.69, 9.17) is 5.11 Å². The molecule has 1 amide bonds. The second-order valence-electron chi connectivity index (χ2n) is 6.82. The Hall–Kier alpha value is -2.70. The van der Waals surface area contributed by atoms with Gasteiger partial charge in [-0.3, -0.25) is 14.6 Å². The minimum Gasteiger partial charge on any atom is -0.478 e. The molecule has 1 fully saturated rings. The van der Waals surface area contributed by atoms with Crippen LogP contribution >= 0.6 is 0 Å². The molecule has 0 aliphatic carbocycles. The van der Waals surface area contributed by atoms with Crippen molar-refractivity contribution in [3.63, 3.8) is 0 Å². The average Bonchev–Trinajstić information content (AvgIpc) is 2.69. The summed E-state index contributed by atoms with van der Waals surface area (Å²) in [6.07, 6.45) is 0. The Morgan fingerprint density at radius 1 is 0.852 bits per heavy atom. The molecule has 1 aliphatic heterocycles. The summed E-state index contributed by atoms with van der Waals surface area (Å²) in [5.74, 6) is -0.953. The van der Waals surface area contributed by atoms with E-state index in [0.29, 0.717) is 13.1 Å². The molecular weight excluding hydrogens is 342 g/mol. The third-order valence-corrected chi connectivity index (χ3v) is 4.77. The molecular formula is C21H25N3O3. The van der Waals surface area contributed by atoms with Gasteiger partial charge in [-0.1, -0.05) is 42.5 Å². The average molecular weight is 367 g/mol. The first-order valence-corrected chi connectivity index (χ1v) is 9.18. The van der Waals surface area contributed by atoms with E-state index in [2.05, 4.69) is 39.4 Å². The number of amides is 1. The maximum absolute atomic E-state index is 12.2. The van der Waals surface area contributed by atoms with Gasteiger partial charge in [0.05, 0.1) is 12.1 Å². The summed E-state index contributed by atoms with van der Waals surface area (Å²) < 4.78 is 0. The van der Waals surface area contributed by atoms with Crippen molar-refractivity contribution in [1.29, 1.82) is 0 Å². The monoisotopic (exact) mass is 367 g/mol. The summed E-state index contributed by atoms with van der Waals surface area (Å²) in [5, 5.41) is 11.8. The van der Waals surface area contributed by atoms with E-state index in [1.807, 2.05) is 6.07 Å². The number of carboxylic acids is 1. The highest BCUT2D eigenvalue weighted by atomic mass is 16.4. The molecule has 0 atom stereocenters. The number of hydrogen-bond donors (Lipinski definition) is 2. The zero-order valence-electron chi connectivity index (χ0n) is 15.3. The molecule has 0 unspecified atom stereocenters. The van der Waals surface area contributed by atoms with Crippen LogP contribution < -0.4 is 5.32 Å². The maximum Gasteiger partial charge on any atom is 0.335 e. The van der Waals surface area contributed by atoms with E-state index >= 15 is 0 Å². The Morgan fingerprint density at radius 3 is 2.11 bits per heavy atom. The minimum atomic E-state index is -0.947. The first-order valence-electron chi connectivity index (χ1n) is 9.18. The minimum absolute atomic E-state index is 0.00572. The van der Waals surface area contributed by atoms with Gasteiger partial charge < -0.3 is 10.4 Å². The van der Waals surface area contributed by atoms with Crippen molar-refractivity contribution in [3.8, 4) is 0 Å². The van der Waals surface area contributed by atoms with Crippen LogP contribution in [0.4, 0.5) is 0 Å². The van der Waals surface area contributed by atoms with Gasteiger partial charge in [0, 0.05) is 39.3 Å². The molecule has 3 rings (SSSR count). The summed E-state index contributed by atoms with van der Waals surface area (Å²) in [7, 11) is 0. The number of carbonyl (C=O) groups excluding carboxylic acids is 1. The van der Waals surface area contributed by atoms with E-state index in [1.54, 1.807) is 24.3 Å². The zero-order chi connectivity index (χ0) is 19.1. The van der Waals surface area contributed by atoms with Crippen LogP contribution in [0.2, 0.25) is 0 Å². The molecule has 1 aliphatic rings. The molecule has 1 heterocycles. The molecule has 6 nitrogen and oxygen atoms in total. The van der Waals surface area contributed by atoms with E-state index in [-0.39, 0.29) is 11.5 Å². The standard InChI is InChI=1S/C21H25N3O3/c25-20(22-14-17-6-8-19(9-7-17)21(26)27)16-24-12-10-23(11-13-24)15-18-4-2-1-3-5-18/h1-9H,10-16H2,(H,22,25)(H,26,27). The van der Waals surface area contributed by atoms with Crippen molar-refractivity contribution in [2.24, 2.45) is 0 Å².